The molecule has 0 saturated heterocycles. The summed E-state index contributed by atoms with van der Waals surface area (Å²) in [7, 11) is 0. The number of carboxylic acids is 1. The van der Waals surface area contributed by atoms with Gasteiger partial charge in [0, 0.05) is 5.02 Å². The van der Waals surface area contributed by atoms with E-state index in [0.29, 0.717) is 16.5 Å². The maximum Gasteiger partial charge on any atom is 0.335 e. The van der Waals surface area contributed by atoms with Gasteiger partial charge in [0.1, 0.15) is 29.5 Å². The Balaban J connectivity index is 1.78. The van der Waals surface area contributed by atoms with E-state index in [-0.39, 0.29) is 23.6 Å². The number of aromatic hydroxyl groups is 1. The smallest absolute Gasteiger partial charge is 0.335 e. The van der Waals surface area contributed by atoms with E-state index >= 15 is 0 Å². The normalized spacial score (nSPS) is 10.5. The number of benzene rings is 2. The number of ether oxygens (including phenoxy) is 1. The molecule has 0 atom stereocenters. The highest BCUT2D eigenvalue weighted by atomic mass is 35.5. The van der Waals surface area contributed by atoms with Crippen LogP contribution in [-0.4, -0.2) is 31.2 Å². The van der Waals surface area contributed by atoms with Crippen LogP contribution in [-0.2, 0) is 6.61 Å². The second-order valence-electron chi connectivity index (χ2n) is 4.91. The highest BCUT2D eigenvalue weighted by molar-refractivity contribution is 6.30. The van der Waals surface area contributed by atoms with Crippen molar-refractivity contribution in [1.82, 2.24) is 15.0 Å². The lowest BCUT2D eigenvalue weighted by atomic mass is 10.2. The van der Waals surface area contributed by atoms with Crippen molar-refractivity contribution in [1.29, 1.82) is 0 Å². The van der Waals surface area contributed by atoms with Crippen molar-refractivity contribution in [3.05, 3.63) is 64.9 Å². The molecule has 3 rings (SSSR count). The van der Waals surface area contributed by atoms with Gasteiger partial charge in [-0.15, -0.1) is 5.10 Å². The van der Waals surface area contributed by atoms with E-state index in [4.69, 9.17) is 21.4 Å². The van der Waals surface area contributed by atoms with Gasteiger partial charge in [-0.1, -0.05) is 22.9 Å². The summed E-state index contributed by atoms with van der Waals surface area (Å²) in [6.45, 7) is 0.153. The van der Waals surface area contributed by atoms with Crippen molar-refractivity contribution in [2.45, 2.75) is 6.61 Å². The first-order valence-electron chi connectivity index (χ1n) is 6.89. The topological polar surface area (TPSA) is 97.5 Å². The molecule has 7 nitrogen and oxygen atoms in total. The molecular weight excluding hydrogens is 334 g/mol. The highest BCUT2D eigenvalue weighted by Gasteiger charge is 2.12. The molecular formula is C16H12ClN3O4. The molecule has 0 fully saturated rings. The minimum atomic E-state index is -1.10. The van der Waals surface area contributed by atoms with Crippen molar-refractivity contribution < 1.29 is 19.7 Å². The molecule has 0 aliphatic rings. The third-order valence-electron chi connectivity index (χ3n) is 3.19. The average molecular weight is 346 g/mol. The van der Waals surface area contributed by atoms with Crippen LogP contribution in [0.25, 0.3) is 5.69 Å². The lowest BCUT2D eigenvalue weighted by molar-refractivity contribution is 0.0697. The minimum absolute atomic E-state index is 0.0371. The zero-order valence-electron chi connectivity index (χ0n) is 12.3. The van der Waals surface area contributed by atoms with E-state index in [2.05, 4.69) is 10.3 Å². The standard InChI is InChI=1S/C16H12ClN3O4/c17-11-2-1-3-13(7-11)24-9-12-8-20(19-18-12)14-6-10(16(22)23)4-5-15(14)21/h1-8,21H,9H2,(H,22,23). The summed E-state index contributed by atoms with van der Waals surface area (Å²) in [5, 5.41) is 27.3. The number of phenolic OH excluding ortho intramolecular Hbond substituents is 1. The van der Waals surface area contributed by atoms with Crippen molar-refractivity contribution in [2.24, 2.45) is 0 Å². The van der Waals surface area contributed by atoms with E-state index in [1.165, 1.54) is 22.9 Å². The quantitative estimate of drug-likeness (QED) is 0.738. The number of carboxylic acid groups (broad SMARTS) is 1. The zero-order chi connectivity index (χ0) is 17.1. The van der Waals surface area contributed by atoms with Crippen LogP contribution in [0.1, 0.15) is 16.1 Å². The Bertz CT molecular complexity index is 895. The van der Waals surface area contributed by atoms with Gasteiger partial charge >= 0.3 is 5.97 Å². The first-order valence-corrected chi connectivity index (χ1v) is 7.27. The highest BCUT2D eigenvalue weighted by Crippen LogP contribution is 2.23. The molecule has 0 spiro atoms. The monoisotopic (exact) mass is 345 g/mol. The van der Waals surface area contributed by atoms with E-state index in [1.807, 2.05) is 0 Å². The fourth-order valence-corrected chi connectivity index (χ4v) is 2.22. The molecule has 24 heavy (non-hydrogen) atoms. The largest absolute Gasteiger partial charge is 0.506 e. The van der Waals surface area contributed by atoms with Crippen LogP contribution >= 0.6 is 11.6 Å². The number of aromatic nitrogens is 3. The number of hydrogen-bond acceptors (Lipinski definition) is 5. The number of nitrogens with zero attached hydrogens (tertiary/aromatic N) is 3. The average Bonchev–Trinajstić information content (AvgIpc) is 3.02. The lowest BCUT2D eigenvalue weighted by Gasteiger charge is -2.05. The summed E-state index contributed by atoms with van der Waals surface area (Å²) in [6.07, 6.45) is 1.55. The number of carbonyl (C=O) groups is 1. The summed E-state index contributed by atoms with van der Waals surface area (Å²) in [6, 6.07) is 10.9. The molecule has 0 unspecified atom stereocenters. The Hall–Kier alpha value is -3.06. The molecule has 2 N–H and O–H groups in total. The van der Waals surface area contributed by atoms with E-state index in [1.54, 1.807) is 30.5 Å². The van der Waals surface area contributed by atoms with Gasteiger partial charge in [0.15, 0.2) is 0 Å². The molecule has 0 amide bonds. The minimum Gasteiger partial charge on any atom is -0.506 e. The maximum absolute atomic E-state index is 11.0. The first kappa shape index (κ1) is 15.8. The molecule has 0 aliphatic carbocycles. The molecule has 0 saturated carbocycles. The number of hydrogen-bond donors (Lipinski definition) is 2. The van der Waals surface area contributed by atoms with Crippen LogP contribution in [0.2, 0.25) is 5.02 Å². The number of phenols is 1. The first-order chi connectivity index (χ1) is 11.5. The number of aromatic carboxylic acids is 1. The fourth-order valence-electron chi connectivity index (χ4n) is 2.04. The third kappa shape index (κ3) is 3.47. The third-order valence-corrected chi connectivity index (χ3v) is 3.43. The Kier molecular flexibility index (Phi) is 4.35. The van der Waals surface area contributed by atoms with Gasteiger partial charge in [0.2, 0.25) is 0 Å². The van der Waals surface area contributed by atoms with Crippen LogP contribution < -0.4 is 4.74 Å². The van der Waals surface area contributed by atoms with Gasteiger partial charge in [-0.25, -0.2) is 9.48 Å². The van der Waals surface area contributed by atoms with Gasteiger partial charge in [-0.2, -0.15) is 0 Å². The summed E-state index contributed by atoms with van der Waals surface area (Å²) in [5.41, 5.74) is 0.765. The van der Waals surface area contributed by atoms with Gasteiger partial charge in [-0.05, 0) is 36.4 Å². The maximum atomic E-state index is 11.0. The van der Waals surface area contributed by atoms with Crippen LogP contribution in [0.15, 0.2) is 48.7 Å². The molecule has 1 aromatic heterocycles. The second kappa shape index (κ2) is 6.59. The molecule has 1 heterocycles. The lowest BCUT2D eigenvalue weighted by Crippen LogP contribution is -2.01. The Morgan fingerprint density at radius 2 is 2.08 bits per heavy atom. The van der Waals surface area contributed by atoms with Gasteiger partial charge < -0.3 is 14.9 Å². The molecule has 0 bridgehead atoms. The van der Waals surface area contributed by atoms with Crippen LogP contribution in [0.3, 0.4) is 0 Å². The predicted octanol–water partition coefficient (Wildman–Crippen LogP) is 2.90. The van der Waals surface area contributed by atoms with E-state index < -0.39 is 5.97 Å². The Labute approximate surface area is 141 Å². The SMILES string of the molecule is O=C(O)c1ccc(O)c(-n2cc(COc3cccc(Cl)c3)nn2)c1. The van der Waals surface area contributed by atoms with Gasteiger partial charge in [0.05, 0.1) is 11.8 Å². The molecule has 3 aromatic rings. The zero-order valence-corrected chi connectivity index (χ0v) is 13.0. The Morgan fingerprint density at radius 3 is 2.83 bits per heavy atom. The predicted molar refractivity (Wildman–Crippen MR) is 85.8 cm³/mol. The van der Waals surface area contributed by atoms with E-state index in [0.717, 1.165) is 0 Å². The van der Waals surface area contributed by atoms with Gasteiger partial charge in [0.25, 0.3) is 0 Å². The molecule has 0 aliphatic heterocycles. The molecule has 2 aromatic carbocycles. The molecule has 8 heteroatoms. The fraction of sp³-hybridized carbons (Fsp3) is 0.0625. The number of halogens is 1. The van der Waals surface area contributed by atoms with Crippen molar-refractivity contribution in [3.63, 3.8) is 0 Å². The van der Waals surface area contributed by atoms with E-state index in [9.17, 15) is 9.90 Å². The summed E-state index contributed by atoms with van der Waals surface area (Å²) in [4.78, 5) is 11.0. The van der Waals surface area contributed by atoms with Crippen molar-refractivity contribution in [2.75, 3.05) is 0 Å². The number of rotatable bonds is 5. The second-order valence-corrected chi connectivity index (χ2v) is 5.35. The summed E-state index contributed by atoms with van der Waals surface area (Å²) < 4.78 is 6.85. The van der Waals surface area contributed by atoms with Crippen molar-refractivity contribution in [3.8, 4) is 17.2 Å². The molecule has 122 valence electrons. The summed E-state index contributed by atoms with van der Waals surface area (Å²) in [5.74, 6) is -0.610. The summed E-state index contributed by atoms with van der Waals surface area (Å²) >= 11 is 5.88. The van der Waals surface area contributed by atoms with Crippen LogP contribution in [0, 0.1) is 0 Å². The van der Waals surface area contributed by atoms with Crippen LogP contribution in [0.5, 0.6) is 11.5 Å². The van der Waals surface area contributed by atoms with Gasteiger partial charge in [-0.3, -0.25) is 0 Å². The Morgan fingerprint density at radius 1 is 1.25 bits per heavy atom. The van der Waals surface area contributed by atoms with Crippen LogP contribution in [0.4, 0.5) is 0 Å². The molecule has 0 radical (unpaired) electrons. The van der Waals surface area contributed by atoms with Crippen molar-refractivity contribution >= 4 is 17.6 Å².